The first-order valence-corrected chi connectivity index (χ1v) is 7.79. The first-order chi connectivity index (χ1) is 10.2. The molecule has 21 heavy (non-hydrogen) atoms. The fourth-order valence-corrected chi connectivity index (χ4v) is 2.52. The van der Waals surface area contributed by atoms with Crippen LogP contribution in [0, 0.1) is 6.92 Å². The molecule has 0 saturated carbocycles. The minimum Gasteiger partial charge on any atom is -0.356 e. The van der Waals surface area contributed by atoms with E-state index >= 15 is 0 Å². The van der Waals surface area contributed by atoms with Crippen molar-refractivity contribution in [3.8, 4) is 0 Å². The highest BCUT2D eigenvalue weighted by molar-refractivity contribution is 7.80. The number of nitrogens with one attached hydrogen (secondary N) is 2. The molecule has 1 atom stereocenters. The molecule has 0 fully saturated rings. The van der Waals surface area contributed by atoms with Crippen LogP contribution in [0.5, 0.6) is 0 Å². The molecule has 0 radical (unpaired) electrons. The lowest BCUT2D eigenvalue weighted by molar-refractivity contribution is 0.584. The summed E-state index contributed by atoms with van der Waals surface area (Å²) in [6.07, 6.45) is 2.17. The Hall–Kier alpha value is -1.87. The monoisotopic (exact) mass is 298 g/mol. The molecule has 0 saturated heterocycles. The van der Waals surface area contributed by atoms with Crippen molar-refractivity contribution in [2.45, 2.75) is 32.7 Å². The molecule has 2 N–H and O–H groups in total. The molecule has 2 aromatic rings. The highest BCUT2D eigenvalue weighted by atomic mass is 32.1. The van der Waals surface area contributed by atoms with E-state index in [9.17, 15) is 0 Å². The Morgan fingerprint density at radius 1 is 1.05 bits per heavy atom. The maximum atomic E-state index is 5.44. The van der Waals surface area contributed by atoms with Crippen LogP contribution in [0.3, 0.4) is 0 Å². The number of hydrogen-bond acceptors (Lipinski definition) is 1. The van der Waals surface area contributed by atoms with Crippen LogP contribution in [0.4, 0.5) is 5.69 Å². The van der Waals surface area contributed by atoms with Crippen molar-refractivity contribution in [3.63, 3.8) is 0 Å². The Morgan fingerprint density at radius 3 is 2.33 bits per heavy atom. The highest BCUT2D eigenvalue weighted by Gasteiger charge is 2.11. The van der Waals surface area contributed by atoms with Gasteiger partial charge in [-0.3, -0.25) is 0 Å². The van der Waals surface area contributed by atoms with Gasteiger partial charge in [-0.1, -0.05) is 61.4 Å². The molecule has 0 heterocycles. The summed E-state index contributed by atoms with van der Waals surface area (Å²) < 4.78 is 0. The maximum Gasteiger partial charge on any atom is 0.171 e. The van der Waals surface area contributed by atoms with Crippen LogP contribution in [0.2, 0.25) is 0 Å². The summed E-state index contributed by atoms with van der Waals surface area (Å²) in [7, 11) is 0. The second kappa shape index (κ2) is 7.79. The fourth-order valence-electron chi connectivity index (χ4n) is 2.26. The predicted octanol–water partition coefficient (Wildman–Crippen LogP) is 4.82. The molecule has 0 aliphatic carbocycles. The molecule has 0 aromatic heterocycles. The topological polar surface area (TPSA) is 24.1 Å². The van der Waals surface area contributed by atoms with Crippen LogP contribution in [0.1, 0.15) is 36.9 Å². The molecule has 0 unspecified atom stereocenters. The van der Waals surface area contributed by atoms with Gasteiger partial charge < -0.3 is 10.6 Å². The quantitative estimate of drug-likeness (QED) is 0.774. The average Bonchev–Trinajstić information content (AvgIpc) is 2.50. The van der Waals surface area contributed by atoms with Gasteiger partial charge in [0.25, 0.3) is 0 Å². The van der Waals surface area contributed by atoms with Crippen LogP contribution in [-0.2, 0) is 0 Å². The molecule has 0 aliphatic rings. The van der Waals surface area contributed by atoms with E-state index in [-0.39, 0.29) is 6.04 Å². The van der Waals surface area contributed by atoms with Gasteiger partial charge in [-0.2, -0.15) is 0 Å². The Bertz CT molecular complexity index is 564. The van der Waals surface area contributed by atoms with Gasteiger partial charge in [0.15, 0.2) is 5.11 Å². The summed E-state index contributed by atoms with van der Waals surface area (Å²) in [5.41, 5.74) is 3.53. The van der Waals surface area contributed by atoms with Gasteiger partial charge in [0.05, 0.1) is 6.04 Å². The number of hydrogen-bond donors (Lipinski definition) is 2. The first kappa shape index (κ1) is 15.5. The van der Waals surface area contributed by atoms with Gasteiger partial charge in [-0.05, 0) is 43.3 Å². The summed E-state index contributed by atoms with van der Waals surface area (Å²) >= 11 is 5.44. The van der Waals surface area contributed by atoms with E-state index in [1.165, 1.54) is 11.1 Å². The minimum absolute atomic E-state index is 0.252. The summed E-state index contributed by atoms with van der Waals surface area (Å²) in [5.74, 6) is 0. The minimum atomic E-state index is 0.252. The number of thiocarbonyl (C=S) groups is 1. The van der Waals surface area contributed by atoms with Crippen molar-refractivity contribution in [2.75, 3.05) is 5.32 Å². The third kappa shape index (κ3) is 4.87. The zero-order valence-electron chi connectivity index (χ0n) is 12.6. The van der Waals surface area contributed by atoms with Crippen molar-refractivity contribution in [3.05, 3.63) is 65.7 Å². The van der Waals surface area contributed by atoms with E-state index in [4.69, 9.17) is 12.2 Å². The number of aryl methyl sites for hydroxylation is 1. The number of rotatable bonds is 5. The molecule has 2 aromatic carbocycles. The van der Waals surface area contributed by atoms with Crippen LogP contribution in [0.25, 0.3) is 0 Å². The zero-order chi connectivity index (χ0) is 15.1. The Morgan fingerprint density at radius 2 is 1.71 bits per heavy atom. The molecule has 2 nitrogen and oxygen atoms in total. The fraction of sp³-hybridized carbons (Fsp3) is 0.278. The van der Waals surface area contributed by atoms with E-state index in [1.54, 1.807) is 0 Å². The van der Waals surface area contributed by atoms with E-state index in [0.717, 1.165) is 18.5 Å². The smallest absolute Gasteiger partial charge is 0.171 e. The summed E-state index contributed by atoms with van der Waals surface area (Å²) in [6.45, 7) is 4.26. The highest BCUT2D eigenvalue weighted by Crippen LogP contribution is 2.18. The molecule has 2 rings (SSSR count). The van der Waals surface area contributed by atoms with Crippen LogP contribution >= 0.6 is 12.2 Å². The van der Waals surface area contributed by atoms with Gasteiger partial charge in [-0.25, -0.2) is 0 Å². The van der Waals surface area contributed by atoms with Crippen molar-refractivity contribution < 1.29 is 0 Å². The van der Waals surface area contributed by atoms with Gasteiger partial charge in [0.1, 0.15) is 0 Å². The lowest BCUT2D eigenvalue weighted by Crippen LogP contribution is -2.32. The Balaban J connectivity index is 2.00. The maximum absolute atomic E-state index is 5.44. The molecule has 0 aliphatic heterocycles. The molecular weight excluding hydrogens is 276 g/mol. The van der Waals surface area contributed by atoms with Crippen LogP contribution in [-0.4, -0.2) is 5.11 Å². The van der Waals surface area contributed by atoms with E-state index in [0.29, 0.717) is 5.11 Å². The van der Waals surface area contributed by atoms with E-state index < -0.39 is 0 Å². The van der Waals surface area contributed by atoms with E-state index in [1.807, 2.05) is 18.2 Å². The normalized spacial score (nSPS) is 11.7. The average molecular weight is 298 g/mol. The third-order valence-electron chi connectivity index (χ3n) is 3.39. The third-order valence-corrected chi connectivity index (χ3v) is 3.61. The molecular formula is C18H22N2S. The predicted molar refractivity (Wildman–Crippen MR) is 94.6 cm³/mol. The number of benzene rings is 2. The molecule has 3 heteroatoms. The molecule has 0 amide bonds. The largest absolute Gasteiger partial charge is 0.356 e. The number of anilines is 1. The van der Waals surface area contributed by atoms with Crippen molar-refractivity contribution in [2.24, 2.45) is 0 Å². The molecule has 0 bridgehead atoms. The van der Waals surface area contributed by atoms with Gasteiger partial charge in [0.2, 0.25) is 0 Å². The van der Waals surface area contributed by atoms with Crippen molar-refractivity contribution in [1.82, 2.24) is 5.32 Å². The second-order valence-electron chi connectivity index (χ2n) is 5.22. The van der Waals surface area contributed by atoms with Crippen LogP contribution < -0.4 is 10.6 Å². The molecule has 0 spiro atoms. The van der Waals surface area contributed by atoms with Gasteiger partial charge in [-0.15, -0.1) is 0 Å². The van der Waals surface area contributed by atoms with Crippen molar-refractivity contribution >= 4 is 23.0 Å². The lowest BCUT2D eigenvalue weighted by Gasteiger charge is -2.21. The van der Waals surface area contributed by atoms with Crippen LogP contribution in [0.15, 0.2) is 54.6 Å². The van der Waals surface area contributed by atoms with Gasteiger partial charge in [0, 0.05) is 5.69 Å². The second-order valence-corrected chi connectivity index (χ2v) is 5.62. The Labute approximate surface area is 132 Å². The first-order valence-electron chi connectivity index (χ1n) is 7.38. The summed E-state index contributed by atoms with van der Waals surface area (Å²) in [5, 5.41) is 7.33. The molecule has 110 valence electrons. The summed E-state index contributed by atoms with van der Waals surface area (Å²) in [4.78, 5) is 0. The van der Waals surface area contributed by atoms with E-state index in [2.05, 4.69) is 60.9 Å². The van der Waals surface area contributed by atoms with Gasteiger partial charge >= 0.3 is 0 Å². The van der Waals surface area contributed by atoms with Crippen molar-refractivity contribution in [1.29, 1.82) is 0 Å². The zero-order valence-corrected chi connectivity index (χ0v) is 13.4. The standard InChI is InChI=1S/C18H22N2S/c1-3-7-17(15-8-5-4-6-9-15)20-18(21)19-16-12-10-14(2)11-13-16/h4-6,8-13,17H,3,7H2,1-2H3,(H2,19,20,21)/t17-/m1/s1. The SMILES string of the molecule is CCC[C@@H](NC(=S)Nc1ccc(C)cc1)c1ccccc1. The lowest BCUT2D eigenvalue weighted by atomic mass is 10.0. The summed E-state index contributed by atoms with van der Waals surface area (Å²) in [6, 6.07) is 18.9. The Kier molecular flexibility index (Phi) is 5.76.